The molecule has 0 aliphatic rings. The SMILES string of the molecule is Cc1cccc2c1nc1n(-c3cc(C(C)(C)C)ccn3)c3cc4c(cc3n21)n1c2cccc(C)c2nc1n4-c1cc(-n2cc(-c3c(C(C)C)cccc3C(C)C)cn2)cc2c1oc1ccccc12. The summed E-state index contributed by atoms with van der Waals surface area (Å²) in [5.41, 5.74) is 19.7. The molecule has 0 aliphatic heterocycles. The van der Waals surface area contributed by atoms with Gasteiger partial charge in [0.15, 0.2) is 5.58 Å². The first-order valence-electron chi connectivity index (χ1n) is 23.7. The van der Waals surface area contributed by atoms with E-state index < -0.39 is 0 Å². The number of pyridine rings is 1. The zero-order chi connectivity index (χ0) is 46.5. The van der Waals surface area contributed by atoms with Crippen molar-refractivity contribution in [1.29, 1.82) is 0 Å². The Balaban J connectivity index is 1.16. The number of rotatable bonds is 6. The number of hydrogen-bond acceptors (Lipinski definition) is 5. The molecule has 0 unspecified atom stereocenters. The first kappa shape index (κ1) is 40.3. The predicted octanol–water partition coefficient (Wildman–Crippen LogP) is 14.5. The lowest BCUT2D eigenvalue weighted by Crippen LogP contribution is -2.12. The highest BCUT2D eigenvalue weighted by Gasteiger charge is 2.28. The van der Waals surface area contributed by atoms with E-state index >= 15 is 0 Å². The molecule has 0 bridgehead atoms. The zero-order valence-corrected chi connectivity index (χ0v) is 39.8. The Morgan fingerprint density at radius 2 is 1.21 bits per heavy atom. The lowest BCUT2D eigenvalue weighted by molar-refractivity contribution is 0.588. The molecule has 0 aliphatic carbocycles. The Morgan fingerprint density at radius 3 is 1.87 bits per heavy atom. The van der Waals surface area contributed by atoms with Crippen molar-refractivity contribution in [3.8, 4) is 28.3 Å². The fourth-order valence-corrected chi connectivity index (χ4v) is 10.8. The number of para-hydroxylation sites is 3. The number of benzene rings is 6. The number of furan rings is 1. The Hall–Kier alpha value is -7.98. The van der Waals surface area contributed by atoms with Crippen LogP contribution < -0.4 is 0 Å². The third-order valence-corrected chi connectivity index (χ3v) is 14.2. The fourth-order valence-electron chi connectivity index (χ4n) is 10.8. The summed E-state index contributed by atoms with van der Waals surface area (Å²) in [7, 11) is 0. The molecule has 13 aromatic rings. The molecule has 10 nitrogen and oxygen atoms in total. The van der Waals surface area contributed by atoms with E-state index in [1.807, 2.05) is 23.1 Å². The normalized spacial score (nSPS) is 12.8. The summed E-state index contributed by atoms with van der Waals surface area (Å²) >= 11 is 0. The number of nitrogens with zero attached hydrogens (tertiary/aromatic N) is 9. The minimum atomic E-state index is -0.0903. The highest BCUT2D eigenvalue weighted by molar-refractivity contribution is 6.10. The van der Waals surface area contributed by atoms with Gasteiger partial charge in [-0.15, -0.1) is 0 Å². The second-order valence-corrected chi connectivity index (χ2v) is 20.3. The zero-order valence-electron chi connectivity index (χ0n) is 39.8. The van der Waals surface area contributed by atoms with E-state index in [1.165, 1.54) is 22.3 Å². The van der Waals surface area contributed by atoms with Gasteiger partial charge < -0.3 is 4.42 Å². The smallest absolute Gasteiger partial charge is 0.221 e. The predicted molar refractivity (Wildman–Crippen MR) is 277 cm³/mol. The average molecular weight is 890 g/mol. The van der Waals surface area contributed by atoms with E-state index in [2.05, 4.69) is 196 Å². The van der Waals surface area contributed by atoms with Crippen molar-refractivity contribution in [3.63, 3.8) is 0 Å². The van der Waals surface area contributed by atoms with Crippen LogP contribution in [0.25, 0.3) is 106 Å². The van der Waals surface area contributed by atoms with E-state index in [1.54, 1.807) is 0 Å². The summed E-state index contributed by atoms with van der Waals surface area (Å²) in [6.07, 6.45) is 6.13. The van der Waals surface area contributed by atoms with Crippen LogP contribution >= 0.6 is 0 Å². The van der Waals surface area contributed by atoms with E-state index in [0.717, 1.165) is 112 Å². The van der Waals surface area contributed by atoms with Crippen LogP contribution in [0.3, 0.4) is 0 Å². The Kier molecular flexibility index (Phi) is 8.46. The van der Waals surface area contributed by atoms with Crippen molar-refractivity contribution >= 4 is 77.6 Å². The number of imidazole rings is 4. The number of hydrogen-bond donors (Lipinski definition) is 0. The van der Waals surface area contributed by atoms with Gasteiger partial charge in [-0.2, -0.15) is 5.10 Å². The maximum atomic E-state index is 6.96. The van der Waals surface area contributed by atoms with Crippen molar-refractivity contribution in [3.05, 3.63) is 162 Å². The molecule has 334 valence electrons. The molecule has 0 radical (unpaired) electrons. The summed E-state index contributed by atoms with van der Waals surface area (Å²) in [5.74, 6) is 3.10. The first-order chi connectivity index (χ1) is 32.8. The maximum absolute atomic E-state index is 6.96. The van der Waals surface area contributed by atoms with Crippen LogP contribution in [0.15, 0.2) is 138 Å². The Labute approximate surface area is 392 Å². The topological polar surface area (TPSA) is 88.3 Å². The molecule has 0 fully saturated rings. The van der Waals surface area contributed by atoms with Gasteiger partial charge >= 0.3 is 0 Å². The molecular formula is C58H51N9O. The summed E-state index contributed by atoms with van der Waals surface area (Å²) in [6.45, 7) is 20.1. The highest BCUT2D eigenvalue weighted by Crippen LogP contribution is 2.42. The monoisotopic (exact) mass is 889 g/mol. The van der Waals surface area contributed by atoms with Crippen molar-refractivity contribution in [2.24, 2.45) is 0 Å². The molecule has 0 amide bonds. The molecule has 0 atom stereocenters. The van der Waals surface area contributed by atoms with Gasteiger partial charge in [0.05, 0.1) is 61.7 Å². The minimum absolute atomic E-state index is 0.0903. The third-order valence-electron chi connectivity index (χ3n) is 14.2. The van der Waals surface area contributed by atoms with Gasteiger partial charge in [-0.25, -0.2) is 19.6 Å². The second kappa shape index (κ2) is 14.3. The molecule has 0 saturated heterocycles. The van der Waals surface area contributed by atoms with Gasteiger partial charge in [0.1, 0.15) is 11.4 Å². The van der Waals surface area contributed by atoms with Crippen LogP contribution in [-0.2, 0) is 5.41 Å². The quantitative estimate of drug-likeness (QED) is 0.166. The van der Waals surface area contributed by atoms with E-state index in [-0.39, 0.29) is 5.41 Å². The molecule has 0 spiro atoms. The maximum Gasteiger partial charge on any atom is 0.221 e. The first-order valence-corrected chi connectivity index (χ1v) is 23.7. The standard InChI is InChI=1S/C58H51N9O/c1-32(2)39-18-14-19-40(33(3)4)52(39)36-30-60-63(31-36)38-26-42-41-17-10-11-22-50(41)68-55(42)49(27-38)66-46-29-48-47(28-45(46)64-43-20-12-15-34(5)53(43)61-56(64)66)65-44-21-13-16-35(6)54(44)62-57(65)67(48)51-25-37(23-24-59-51)58(7,8)9/h10-33H,1-9H3. The van der Waals surface area contributed by atoms with Gasteiger partial charge in [0.2, 0.25) is 11.6 Å². The third kappa shape index (κ3) is 5.69. The fraction of sp³-hybridized carbons (Fsp3) is 0.207. The van der Waals surface area contributed by atoms with E-state index in [0.29, 0.717) is 11.8 Å². The summed E-state index contributed by atoms with van der Waals surface area (Å²) < 4.78 is 18.1. The molecule has 7 aromatic heterocycles. The van der Waals surface area contributed by atoms with Crippen molar-refractivity contribution in [2.45, 2.75) is 79.6 Å². The number of fused-ring (bicyclic) bond motifs is 13. The molecule has 0 N–H and O–H groups in total. The van der Waals surface area contributed by atoms with Crippen LogP contribution in [-0.4, -0.2) is 42.7 Å². The lowest BCUT2D eigenvalue weighted by atomic mass is 9.86. The Bertz CT molecular complexity index is 4200. The molecule has 6 aromatic carbocycles. The van der Waals surface area contributed by atoms with Crippen LogP contribution in [0.4, 0.5) is 0 Å². The largest absolute Gasteiger partial charge is 0.454 e. The van der Waals surface area contributed by atoms with Gasteiger partial charge in [0, 0.05) is 28.7 Å². The van der Waals surface area contributed by atoms with Gasteiger partial charge in [-0.05, 0) is 119 Å². The van der Waals surface area contributed by atoms with Crippen LogP contribution in [0.5, 0.6) is 0 Å². The Morgan fingerprint density at radius 1 is 0.588 bits per heavy atom. The minimum Gasteiger partial charge on any atom is -0.454 e. The lowest BCUT2D eigenvalue weighted by Gasteiger charge is -2.19. The van der Waals surface area contributed by atoms with Gasteiger partial charge in [-0.3, -0.25) is 17.9 Å². The number of aromatic nitrogens is 9. The molecular weight excluding hydrogens is 839 g/mol. The van der Waals surface area contributed by atoms with Crippen LogP contribution in [0, 0.1) is 13.8 Å². The van der Waals surface area contributed by atoms with Crippen LogP contribution in [0.1, 0.15) is 88.1 Å². The summed E-state index contributed by atoms with van der Waals surface area (Å²) in [5, 5.41) is 7.15. The summed E-state index contributed by atoms with van der Waals surface area (Å²) in [4.78, 5) is 16.0. The van der Waals surface area contributed by atoms with Gasteiger partial charge in [-0.1, -0.05) is 109 Å². The van der Waals surface area contributed by atoms with E-state index in [4.69, 9.17) is 24.5 Å². The average Bonchev–Trinajstić information content (AvgIpc) is 4.18. The van der Waals surface area contributed by atoms with Gasteiger partial charge in [0.25, 0.3) is 0 Å². The highest BCUT2D eigenvalue weighted by atomic mass is 16.3. The molecule has 7 heterocycles. The van der Waals surface area contributed by atoms with Crippen molar-refractivity contribution in [2.75, 3.05) is 0 Å². The van der Waals surface area contributed by atoms with Crippen molar-refractivity contribution < 1.29 is 4.42 Å². The molecule has 68 heavy (non-hydrogen) atoms. The van der Waals surface area contributed by atoms with Crippen molar-refractivity contribution in [1.82, 2.24) is 42.7 Å². The van der Waals surface area contributed by atoms with E-state index in [9.17, 15) is 0 Å². The van der Waals surface area contributed by atoms with Crippen LogP contribution in [0.2, 0.25) is 0 Å². The summed E-state index contributed by atoms with van der Waals surface area (Å²) in [6, 6.07) is 41.2. The second-order valence-electron chi connectivity index (χ2n) is 20.3. The molecule has 0 saturated carbocycles. The molecule has 13 rings (SSSR count). The number of aryl methyl sites for hydroxylation is 2. The molecule has 10 heteroatoms.